The summed E-state index contributed by atoms with van der Waals surface area (Å²) in [6, 6.07) is 6.68. The number of nitrogens with two attached hydrogens (primary N) is 1. The molecule has 150 valence electrons. The first-order valence-electron chi connectivity index (χ1n) is 9.35. The molecule has 0 spiro atoms. The number of aromatic nitrogens is 1. The molecule has 0 saturated heterocycles. The van der Waals surface area contributed by atoms with Crippen LogP contribution in [0, 0.1) is 19.7 Å². The molecule has 0 fully saturated rings. The standard InChI is InChI=1S/C23H24FN3O2/c1-6-14-8-9-15(10-18(14)27(5)19(28)7-2)21-17(24)11-16(23(25)29)22-20(21)12(3)13(4)26-22/h7-11,26H,2,6H2,1,3-5H3,(H2,25,29). The second-order valence-corrected chi connectivity index (χ2v) is 7.07. The van der Waals surface area contributed by atoms with Crippen molar-refractivity contribution < 1.29 is 14.0 Å². The number of carbonyl (C=O) groups is 2. The van der Waals surface area contributed by atoms with Gasteiger partial charge in [-0.25, -0.2) is 4.39 Å². The highest BCUT2D eigenvalue weighted by atomic mass is 19.1. The van der Waals surface area contributed by atoms with E-state index < -0.39 is 11.7 Å². The molecule has 0 aliphatic rings. The summed E-state index contributed by atoms with van der Waals surface area (Å²) in [6.07, 6.45) is 1.96. The largest absolute Gasteiger partial charge is 0.366 e. The number of nitrogens with zero attached hydrogens (tertiary/aromatic N) is 1. The fourth-order valence-electron chi connectivity index (χ4n) is 3.69. The first kappa shape index (κ1) is 20.3. The molecule has 6 heteroatoms. The van der Waals surface area contributed by atoms with Crippen molar-refractivity contribution in [2.45, 2.75) is 27.2 Å². The number of H-pyrrole nitrogens is 1. The van der Waals surface area contributed by atoms with Crippen LogP contribution in [0.4, 0.5) is 10.1 Å². The molecule has 3 rings (SSSR count). The molecule has 0 aliphatic heterocycles. The molecule has 3 N–H and O–H groups in total. The summed E-state index contributed by atoms with van der Waals surface area (Å²) in [5.74, 6) is -1.48. The highest BCUT2D eigenvalue weighted by Crippen LogP contribution is 2.38. The third kappa shape index (κ3) is 3.31. The van der Waals surface area contributed by atoms with Crippen molar-refractivity contribution in [3.63, 3.8) is 0 Å². The topological polar surface area (TPSA) is 79.2 Å². The van der Waals surface area contributed by atoms with Gasteiger partial charge in [0, 0.05) is 29.4 Å². The van der Waals surface area contributed by atoms with Crippen LogP contribution < -0.4 is 10.6 Å². The Kier molecular flexibility index (Phi) is 5.29. The zero-order chi connectivity index (χ0) is 21.5. The number of aryl methyl sites for hydroxylation is 3. The van der Waals surface area contributed by atoms with Crippen molar-refractivity contribution in [3.05, 3.63) is 65.1 Å². The number of amides is 2. The van der Waals surface area contributed by atoms with Crippen LogP contribution in [0.2, 0.25) is 0 Å². The number of rotatable bonds is 5. The van der Waals surface area contributed by atoms with E-state index in [9.17, 15) is 9.59 Å². The molecule has 0 radical (unpaired) electrons. The number of aromatic amines is 1. The zero-order valence-corrected chi connectivity index (χ0v) is 17.0. The first-order valence-corrected chi connectivity index (χ1v) is 9.35. The van der Waals surface area contributed by atoms with E-state index in [0.717, 1.165) is 16.8 Å². The molecule has 3 aromatic rings. The maximum atomic E-state index is 15.2. The summed E-state index contributed by atoms with van der Waals surface area (Å²) in [4.78, 5) is 28.7. The van der Waals surface area contributed by atoms with E-state index in [1.54, 1.807) is 13.1 Å². The third-order valence-corrected chi connectivity index (χ3v) is 5.42. The van der Waals surface area contributed by atoms with Crippen molar-refractivity contribution in [2.24, 2.45) is 5.73 Å². The minimum atomic E-state index is -0.694. The molecule has 1 heterocycles. The Labute approximate surface area is 169 Å². The van der Waals surface area contributed by atoms with Crippen LogP contribution in [0.1, 0.15) is 34.1 Å². The number of hydrogen-bond donors (Lipinski definition) is 2. The second kappa shape index (κ2) is 7.54. The number of nitrogens with one attached hydrogen (secondary N) is 1. The molecule has 0 unspecified atom stereocenters. The van der Waals surface area contributed by atoms with Gasteiger partial charge in [0.05, 0.1) is 11.1 Å². The van der Waals surface area contributed by atoms with Crippen molar-refractivity contribution in [1.82, 2.24) is 4.98 Å². The summed E-state index contributed by atoms with van der Waals surface area (Å²) in [5, 5.41) is 0.615. The lowest BCUT2D eigenvalue weighted by molar-refractivity contribution is -0.113. The van der Waals surface area contributed by atoms with Crippen LogP contribution in [0.5, 0.6) is 0 Å². The predicted octanol–water partition coefficient (Wildman–Crippen LogP) is 4.40. The van der Waals surface area contributed by atoms with E-state index in [1.807, 2.05) is 32.9 Å². The molecule has 0 saturated carbocycles. The molecule has 0 atom stereocenters. The maximum Gasteiger partial charge on any atom is 0.250 e. The smallest absolute Gasteiger partial charge is 0.250 e. The maximum absolute atomic E-state index is 15.2. The average molecular weight is 393 g/mol. The SMILES string of the molecule is C=CC(=O)N(C)c1cc(-c2c(F)cc(C(N)=O)c3[nH]c(C)c(C)c23)ccc1CC. The van der Waals surface area contributed by atoms with E-state index >= 15 is 4.39 Å². The van der Waals surface area contributed by atoms with Gasteiger partial charge in [-0.15, -0.1) is 0 Å². The minimum Gasteiger partial charge on any atom is -0.366 e. The zero-order valence-electron chi connectivity index (χ0n) is 17.0. The van der Waals surface area contributed by atoms with Gasteiger partial charge in [-0.1, -0.05) is 25.6 Å². The lowest BCUT2D eigenvalue weighted by Gasteiger charge is -2.20. The normalized spacial score (nSPS) is 10.9. The van der Waals surface area contributed by atoms with Crippen LogP contribution in [0.25, 0.3) is 22.0 Å². The molecule has 2 aromatic carbocycles. The Bertz CT molecular complexity index is 1160. The Balaban J connectivity index is 2.36. The van der Waals surface area contributed by atoms with E-state index in [4.69, 9.17) is 5.73 Å². The number of likely N-dealkylation sites (N-methyl/N-ethyl adjacent to an activating group) is 1. The van der Waals surface area contributed by atoms with Gasteiger partial charge in [0.2, 0.25) is 5.91 Å². The fraction of sp³-hybridized carbons (Fsp3) is 0.217. The Morgan fingerprint density at radius 2 is 1.97 bits per heavy atom. The summed E-state index contributed by atoms with van der Waals surface area (Å²) >= 11 is 0. The first-order chi connectivity index (χ1) is 13.7. The molecule has 0 bridgehead atoms. The molecule has 29 heavy (non-hydrogen) atoms. The molecule has 5 nitrogen and oxygen atoms in total. The average Bonchev–Trinajstić information content (AvgIpc) is 3.00. The molecular formula is C23H24FN3O2. The van der Waals surface area contributed by atoms with Crippen LogP contribution in [0.15, 0.2) is 36.9 Å². The van der Waals surface area contributed by atoms with E-state index in [1.165, 1.54) is 17.0 Å². The summed E-state index contributed by atoms with van der Waals surface area (Å²) < 4.78 is 15.2. The van der Waals surface area contributed by atoms with E-state index in [2.05, 4.69) is 11.6 Å². The summed E-state index contributed by atoms with van der Waals surface area (Å²) in [6.45, 7) is 9.27. The van der Waals surface area contributed by atoms with Crippen LogP contribution >= 0.6 is 0 Å². The number of anilines is 1. The van der Waals surface area contributed by atoms with Crippen molar-refractivity contribution in [3.8, 4) is 11.1 Å². The summed E-state index contributed by atoms with van der Waals surface area (Å²) in [5.41, 5.74) is 10.4. The van der Waals surface area contributed by atoms with Crippen molar-refractivity contribution in [1.29, 1.82) is 0 Å². The quantitative estimate of drug-likeness (QED) is 0.630. The van der Waals surface area contributed by atoms with Gasteiger partial charge >= 0.3 is 0 Å². The van der Waals surface area contributed by atoms with Crippen molar-refractivity contribution >= 4 is 28.4 Å². The number of hydrogen-bond acceptors (Lipinski definition) is 2. The van der Waals surface area contributed by atoms with Gasteiger partial charge in [0.1, 0.15) is 5.82 Å². The van der Waals surface area contributed by atoms with Crippen LogP contribution in [-0.2, 0) is 11.2 Å². The van der Waals surface area contributed by atoms with Crippen LogP contribution in [0.3, 0.4) is 0 Å². The monoisotopic (exact) mass is 393 g/mol. The third-order valence-electron chi connectivity index (χ3n) is 5.42. The van der Waals surface area contributed by atoms with Gasteiger partial charge in [-0.2, -0.15) is 0 Å². The van der Waals surface area contributed by atoms with Gasteiger partial charge in [0.15, 0.2) is 0 Å². The summed E-state index contributed by atoms with van der Waals surface area (Å²) in [7, 11) is 1.66. The molecular weight excluding hydrogens is 369 g/mol. The lowest BCUT2D eigenvalue weighted by Crippen LogP contribution is -2.25. The van der Waals surface area contributed by atoms with Gasteiger partial charge in [0.25, 0.3) is 5.91 Å². The van der Waals surface area contributed by atoms with Gasteiger partial charge in [-0.3, -0.25) is 9.59 Å². The molecule has 2 amide bonds. The number of primary amides is 1. The van der Waals surface area contributed by atoms with Gasteiger partial charge in [-0.05, 0) is 55.2 Å². The fourth-order valence-corrected chi connectivity index (χ4v) is 3.69. The number of fused-ring (bicyclic) bond motifs is 1. The van der Waals surface area contributed by atoms with E-state index in [-0.39, 0.29) is 11.5 Å². The number of carbonyl (C=O) groups excluding carboxylic acids is 2. The Hall–Kier alpha value is -3.41. The van der Waals surface area contributed by atoms with Gasteiger partial charge < -0.3 is 15.6 Å². The number of benzene rings is 2. The molecule has 0 aliphatic carbocycles. The number of halogens is 1. The highest BCUT2D eigenvalue weighted by Gasteiger charge is 2.22. The van der Waals surface area contributed by atoms with E-state index in [0.29, 0.717) is 34.1 Å². The van der Waals surface area contributed by atoms with Crippen molar-refractivity contribution in [2.75, 3.05) is 11.9 Å². The Morgan fingerprint density at radius 3 is 2.55 bits per heavy atom. The second-order valence-electron chi connectivity index (χ2n) is 7.07. The van der Waals surface area contributed by atoms with Crippen LogP contribution in [-0.4, -0.2) is 23.8 Å². The minimum absolute atomic E-state index is 0.113. The highest BCUT2D eigenvalue weighted by molar-refractivity contribution is 6.11. The lowest BCUT2D eigenvalue weighted by atomic mass is 9.94. The molecule has 1 aromatic heterocycles. The predicted molar refractivity (Wildman–Crippen MR) is 115 cm³/mol. The Morgan fingerprint density at radius 1 is 1.28 bits per heavy atom.